The number of unbranched alkanes of at least 4 members (excludes halogenated alkanes) is 1. The molecule has 0 aromatic heterocycles. The minimum absolute atomic E-state index is 0.402. The molecule has 1 unspecified atom stereocenters. The number of alkyl halides is 1. The van der Waals surface area contributed by atoms with Gasteiger partial charge in [-0.2, -0.15) is 0 Å². The van der Waals surface area contributed by atoms with Crippen molar-refractivity contribution in [2.24, 2.45) is 10.6 Å². The Hall–Kier alpha value is -1.84. The fourth-order valence-corrected chi connectivity index (χ4v) is 2.56. The Labute approximate surface area is 131 Å². The summed E-state index contributed by atoms with van der Waals surface area (Å²) >= 11 is 0. The van der Waals surface area contributed by atoms with Crippen molar-refractivity contribution in [2.45, 2.75) is 46.0 Å². The number of carbonyl (C=O) groups excluding carboxylic acids is 1. The molecule has 120 valence electrons. The molecule has 1 aromatic rings. The molecule has 4 heteroatoms. The van der Waals surface area contributed by atoms with Crippen molar-refractivity contribution in [3.63, 3.8) is 0 Å². The van der Waals surface area contributed by atoms with Crippen LogP contribution in [0.4, 0.5) is 4.39 Å². The number of halogens is 1. The highest BCUT2D eigenvalue weighted by Crippen LogP contribution is 2.31. The van der Waals surface area contributed by atoms with Gasteiger partial charge in [0.25, 0.3) is 5.91 Å². The molecule has 0 heterocycles. The summed E-state index contributed by atoms with van der Waals surface area (Å²) in [7, 11) is 0. The molecule has 0 aliphatic rings. The fourth-order valence-electron chi connectivity index (χ4n) is 2.56. The highest BCUT2D eigenvalue weighted by atomic mass is 19.1. The van der Waals surface area contributed by atoms with E-state index < -0.39 is 18.0 Å². The summed E-state index contributed by atoms with van der Waals surface area (Å²) in [6.45, 7) is 7.19. The summed E-state index contributed by atoms with van der Waals surface area (Å²) in [5.41, 5.74) is 2.37. The zero-order valence-corrected chi connectivity index (χ0v) is 13.4. The Balaban J connectivity index is 2.82. The number of nitroso groups, excluding NO2 is 1. The minimum Gasteiger partial charge on any atom is -0.268 e. The molecule has 0 aliphatic heterocycles. The normalized spacial score (nSPS) is 13.4. The predicted octanol–water partition coefficient (Wildman–Crippen LogP) is 4.79. The first-order valence-electron chi connectivity index (χ1n) is 7.57. The van der Waals surface area contributed by atoms with Gasteiger partial charge < -0.3 is 0 Å². The second-order valence-corrected chi connectivity index (χ2v) is 6.23. The van der Waals surface area contributed by atoms with Crippen molar-refractivity contribution in [3.05, 3.63) is 52.5 Å². The lowest BCUT2D eigenvalue weighted by Gasteiger charge is -2.24. The number of hydrogen-bond donors (Lipinski definition) is 0. The van der Waals surface area contributed by atoms with Crippen LogP contribution in [0, 0.1) is 10.3 Å². The quantitative estimate of drug-likeness (QED) is 0.374. The second-order valence-electron chi connectivity index (χ2n) is 6.23. The summed E-state index contributed by atoms with van der Waals surface area (Å²) in [6, 6.07) is 7.93. The van der Waals surface area contributed by atoms with Crippen LogP contribution in [0.25, 0.3) is 0 Å². The standard InChI is InChI=1S/C18H24FNO2/c1-14(2)12-15-6-8-16(9-7-15)13-18(3,17(21)20-22)10-4-5-11-19/h6-9H,1,4-5,10-13H2,2-3H3. The van der Waals surface area contributed by atoms with E-state index in [-0.39, 0.29) is 0 Å². The van der Waals surface area contributed by atoms with Crippen LogP contribution in [-0.4, -0.2) is 12.6 Å². The van der Waals surface area contributed by atoms with Crippen molar-refractivity contribution in [3.8, 4) is 0 Å². The summed E-state index contributed by atoms with van der Waals surface area (Å²) < 4.78 is 12.2. The first-order chi connectivity index (χ1) is 10.4. The van der Waals surface area contributed by atoms with E-state index in [0.29, 0.717) is 25.7 Å². The van der Waals surface area contributed by atoms with Crippen molar-refractivity contribution in [1.82, 2.24) is 0 Å². The first-order valence-corrected chi connectivity index (χ1v) is 7.57. The molecule has 0 N–H and O–H groups in total. The maximum absolute atomic E-state index is 12.2. The Morgan fingerprint density at radius 3 is 2.32 bits per heavy atom. The number of amides is 1. The number of benzene rings is 1. The van der Waals surface area contributed by atoms with Crippen molar-refractivity contribution in [1.29, 1.82) is 0 Å². The van der Waals surface area contributed by atoms with Crippen LogP contribution in [0.3, 0.4) is 0 Å². The summed E-state index contributed by atoms with van der Waals surface area (Å²) in [5, 5.41) is 2.60. The van der Waals surface area contributed by atoms with Gasteiger partial charge >= 0.3 is 0 Å². The minimum atomic E-state index is -0.854. The van der Waals surface area contributed by atoms with Gasteiger partial charge in [-0.25, -0.2) is 0 Å². The van der Waals surface area contributed by atoms with E-state index in [2.05, 4.69) is 11.8 Å². The highest BCUT2D eigenvalue weighted by Gasteiger charge is 2.33. The van der Waals surface area contributed by atoms with Gasteiger partial charge in [0.2, 0.25) is 0 Å². The number of allylic oxidation sites excluding steroid dienone is 1. The number of hydrogen-bond acceptors (Lipinski definition) is 2. The van der Waals surface area contributed by atoms with Crippen LogP contribution in [0.1, 0.15) is 44.2 Å². The lowest BCUT2D eigenvalue weighted by molar-refractivity contribution is -0.127. The van der Waals surface area contributed by atoms with Gasteiger partial charge in [-0.3, -0.25) is 9.18 Å². The molecule has 0 aliphatic carbocycles. The molecule has 1 amide bonds. The van der Waals surface area contributed by atoms with Crippen LogP contribution in [0.15, 0.2) is 41.6 Å². The van der Waals surface area contributed by atoms with E-state index in [4.69, 9.17) is 0 Å². The molecule has 0 bridgehead atoms. The summed E-state index contributed by atoms with van der Waals surface area (Å²) in [6.07, 6.45) is 2.70. The largest absolute Gasteiger partial charge is 0.292 e. The predicted molar refractivity (Wildman–Crippen MR) is 87.4 cm³/mol. The Morgan fingerprint density at radius 2 is 1.82 bits per heavy atom. The number of rotatable bonds is 9. The molecule has 22 heavy (non-hydrogen) atoms. The molecular formula is C18H24FNO2. The molecular weight excluding hydrogens is 281 g/mol. The summed E-state index contributed by atoms with van der Waals surface area (Å²) in [5.74, 6) is -0.655. The Morgan fingerprint density at radius 1 is 1.23 bits per heavy atom. The van der Waals surface area contributed by atoms with Crippen LogP contribution in [0.2, 0.25) is 0 Å². The van der Waals surface area contributed by atoms with E-state index in [1.165, 1.54) is 0 Å². The lowest BCUT2D eigenvalue weighted by Crippen LogP contribution is -2.29. The Bertz CT molecular complexity index is 524. The van der Waals surface area contributed by atoms with Crippen LogP contribution in [0.5, 0.6) is 0 Å². The lowest BCUT2D eigenvalue weighted by atomic mass is 9.78. The highest BCUT2D eigenvalue weighted by molar-refractivity contribution is 5.83. The van der Waals surface area contributed by atoms with Crippen molar-refractivity contribution >= 4 is 5.91 Å². The number of nitrogens with zero attached hydrogens (tertiary/aromatic N) is 1. The maximum atomic E-state index is 12.2. The van der Waals surface area contributed by atoms with Gasteiger partial charge in [-0.15, -0.1) is 4.91 Å². The third-order valence-electron chi connectivity index (χ3n) is 3.83. The molecule has 0 radical (unpaired) electrons. The molecule has 3 nitrogen and oxygen atoms in total. The number of carbonyl (C=O) groups is 1. The molecule has 1 aromatic carbocycles. The van der Waals surface area contributed by atoms with Gasteiger partial charge in [0.15, 0.2) is 0 Å². The van der Waals surface area contributed by atoms with Gasteiger partial charge in [0.1, 0.15) is 0 Å². The maximum Gasteiger partial charge on any atom is 0.292 e. The Kier molecular flexibility index (Phi) is 7.09. The van der Waals surface area contributed by atoms with Gasteiger partial charge in [-0.05, 0) is 50.2 Å². The molecule has 0 spiro atoms. The van der Waals surface area contributed by atoms with Gasteiger partial charge in [-0.1, -0.05) is 43.3 Å². The van der Waals surface area contributed by atoms with E-state index in [1.54, 1.807) is 6.92 Å². The fraction of sp³-hybridized carbons (Fsp3) is 0.500. The SMILES string of the molecule is C=C(C)Cc1ccc(CC(C)(CCCCF)C(=O)N=O)cc1. The summed E-state index contributed by atoms with van der Waals surface area (Å²) in [4.78, 5) is 22.5. The third-order valence-corrected chi connectivity index (χ3v) is 3.83. The molecule has 0 saturated carbocycles. The first kappa shape index (κ1) is 18.2. The second kappa shape index (κ2) is 8.57. The molecule has 0 fully saturated rings. The topological polar surface area (TPSA) is 46.5 Å². The van der Waals surface area contributed by atoms with Crippen LogP contribution < -0.4 is 0 Å². The average Bonchev–Trinajstić information content (AvgIpc) is 2.48. The van der Waals surface area contributed by atoms with E-state index in [1.807, 2.05) is 31.2 Å². The molecule has 1 atom stereocenters. The zero-order valence-electron chi connectivity index (χ0n) is 13.4. The molecule has 0 saturated heterocycles. The van der Waals surface area contributed by atoms with Crippen molar-refractivity contribution in [2.75, 3.05) is 6.67 Å². The smallest absolute Gasteiger partial charge is 0.268 e. The van der Waals surface area contributed by atoms with Crippen molar-refractivity contribution < 1.29 is 9.18 Å². The van der Waals surface area contributed by atoms with E-state index in [0.717, 1.165) is 23.1 Å². The third kappa shape index (κ3) is 5.51. The van der Waals surface area contributed by atoms with Crippen LogP contribution >= 0.6 is 0 Å². The zero-order chi connectivity index (χ0) is 16.6. The van der Waals surface area contributed by atoms with E-state index in [9.17, 15) is 14.1 Å². The van der Waals surface area contributed by atoms with Gasteiger partial charge in [0, 0.05) is 5.18 Å². The van der Waals surface area contributed by atoms with Crippen LogP contribution in [-0.2, 0) is 17.6 Å². The molecule has 1 rings (SSSR count). The average molecular weight is 305 g/mol. The van der Waals surface area contributed by atoms with E-state index >= 15 is 0 Å². The van der Waals surface area contributed by atoms with Gasteiger partial charge in [0.05, 0.1) is 12.1 Å². The monoisotopic (exact) mass is 305 g/mol.